The van der Waals surface area contributed by atoms with Crippen molar-refractivity contribution >= 4 is 34.6 Å². The van der Waals surface area contributed by atoms with Crippen molar-refractivity contribution in [1.29, 1.82) is 0 Å². The van der Waals surface area contributed by atoms with Gasteiger partial charge in [-0.2, -0.15) is 0 Å². The number of benzene rings is 1. The number of carbonyl (C=O) groups is 2. The molecule has 202 valence electrons. The molecule has 1 fully saturated rings. The summed E-state index contributed by atoms with van der Waals surface area (Å²) in [5, 5.41) is 5.16. The molecular formula is C28H40FN5O2S. The largest absolute Gasteiger partial charge is 0.346 e. The maximum Gasteiger partial charge on any atom is 0.346 e. The van der Waals surface area contributed by atoms with Crippen molar-refractivity contribution in [2.24, 2.45) is 22.2 Å². The predicted octanol–water partition coefficient (Wildman–Crippen LogP) is 5.66. The Morgan fingerprint density at radius 2 is 1.95 bits per heavy atom. The van der Waals surface area contributed by atoms with Gasteiger partial charge in [0.05, 0.1) is 5.69 Å². The zero-order valence-electron chi connectivity index (χ0n) is 22.8. The zero-order valence-corrected chi connectivity index (χ0v) is 23.6. The number of rotatable bonds is 9. The minimum Gasteiger partial charge on any atom is -0.343 e. The van der Waals surface area contributed by atoms with E-state index in [0.29, 0.717) is 11.0 Å². The highest BCUT2D eigenvalue weighted by Crippen LogP contribution is 2.33. The van der Waals surface area contributed by atoms with Crippen LogP contribution in [0.5, 0.6) is 0 Å². The Morgan fingerprint density at radius 1 is 1.24 bits per heavy atom. The molecule has 0 aliphatic heterocycles. The van der Waals surface area contributed by atoms with Crippen LogP contribution < -0.4 is 5.32 Å². The molecular weight excluding hydrogens is 489 g/mol. The van der Waals surface area contributed by atoms with Crippen LogP contribution >= 0.6 is 11.3 Å². The molecule has 37 heavy (non-hydrogen) atoms. The van der Waals surface area contributed by atoms with Crippen LogP contribution in [-0.4, -0.2) is 66.2 Å². The van der Waals surface area contributed by atoms with Gasteiger partial charge in [-0.3, -0.25) is 10.1 Å². The maximum atomic E-state index is 13.3. The third kappa shape index (κ3) is 9.00. The van der Waals surface area contributed by atoms with Gasteiger partial charge in [0.25, 0.3) is 0 Å². The highest BCUT2D eigenvalue weighted by atomic mass is 32.1. The van der Waals surface area contributed by atoms with Crippen molar-refractivity contribution in [1.82, 2.24) is 14.8 Å². The third-order valence-corrected chi connectivity index (χ3v) is 8.00. The maximum absolute atomic E-state index is 13.3. The van der Waals surface area contributed by atoms with E-state index < -0.39 is 6.03 Å². The van der Waals surface area contributed by atoms with Crippen molar-refractivity contribution in [2.75, 3.05) is 32.5 Å². The van der Waals surface area contributed by atoms with Gasteiger partial charge in [0.15, 0.2) is 5.13 Å². The molecule has 3 atom stereocenters. The molecule has 1 heterocycles. The van der Waals surface area contributed by atoms with Gasteiger partial charge in [0.1, 0.15) is 5.82 Å². The van der Waals surface area contributed by atoms with Gasteiger partial charge in [0.2, 0.25) is 5.91 Å². The number of hydrogen-bond donors (Lipinski definition) is 1. The summed E-state index contributed by atoms with van der Waals surface area (Å²) < 4.78 is 13.3. The second kappa shape index (κ2) is 12.7. The number of amides is 3. The van der Waals surface area contributed by atoms with Crippen LogP contribution in [0.15, 0.2) is 34.6 Å². The molecule has 0 bridgehead atoms. The molecule has 0 radical (unpaired) electrons. The van der Waals surface area contributed by atoms with E-state index in [9.17, 15) is 14.0 Å². The van der Waals surface area contributed by atoms with E-state index in [1.165, 1.54) is 23.5 Å². The molecule has 0 saturated heterocycles. The Balaban J connectivity index is 1.65. The van der Waals surface area contributed by atoms with E-state index in [1.54, 1.807) is 13.1 Å². The fourth-order valence-corrected chi connectivity index (χ4v) is 6.05. The van der Waals surface area contributed by atoms with Gasteiger partial charge in [-0.1, -0.05) is 26.0 Å². The zero-order chi connectivity index (χ0) is 27.2. The molecule has 1 unspecified atom stereocenters. The van der Waals surface area contributed by atoms with Crippen LogP contribution in [0.1, 0.15) is 51.3 Å². The Morgan fingerprint density at radius 3 is 2.57 bits per heavy atom. The van der Waals surface area contributed by atoms with Crippen molar-refractivity contribution in [2.45, 2.75) is 59.4 Å². The second-order valence-electron chi connectivity index (χ2n) is 11.2. The number of hydrogen-bond acceptors (Lipinski definition) is 5. The molecule has 1 aromatic heterocycles. The third-order valence-electron chi connectivity index (χ3n) is 7.12. The summed E-state index contributed by atoms with van der Waals surface area (Å²) >= 11 is 1.38. The van der Waals surface area contributed by atoms with Crippen LogP contribution in [0, 0.1) is 30.0 Å². The van der Waals surface area contributed by atoms with Crippen molar-refractivity contribution in [3.8, 4) is 0 Å². The lowest BCUT2D eigenvalue weighted by Gasteiger charge is -2.40. The summed E-state index contributed by atoms with van der Waals surface area (Å²) in [5.74, 6) is 0.234. The van der Waals surface area contributed by atoms with Gasteiger partial charge >= 0.3 is 6.03 Å². The Bertz CT molecular complexity index is 1080. The van der Waals surface area contributed by atoms with E-state index in [4.69, 9.17) is 0 Å². The molecule has 3 amide bonds. The molecule has 1 saturated carbocycles. The van der Waals surface area contributed by atoms with Crippen molar-refractivity contribution < 1.29 is 14.0 Å². The number of urea groups is 1. The summed E-state index contributed by atoms with van der Waals surface area (Å²) in [6.45, 7) is 9.68. The Hall–Kier alpha value is -2.65. The monoisotopic (exact) mass is 529 g/mol. The first kappa shape index (κ1) is 28.9. The number of anilines is 1. The second-order valence-corrected chi connectivity index (χ2v) is 12.0. The number of aromatic nitrogens is 1. The van der Waals surface area contributed by atoms with Gasteiger partial charge in [-0.25, -0.2) is 19.2 Å². The van der Waals surface area contributed by atoms with Gasteiger partial charge in [-0.15, -0.1) is 11.3 Å². The van der Waals surface area contributed by atoms with Crippen LogP contribution in [0.4, 0.5) is 14.3 Å². The molecule has 7 nitrogen and oxygen atoms in total. The molecule has 0 spiro atoms. The Labute approximate surface area is 224 Å². The first-order valence-corrected chi connectivity index (χ1v) is 13.7. The van der Waals surface area contributed by atoms with E-state index in [-0.39, 0.29) is 29.1 Å². The first-order chi connectivity index (χ1) is 17.4. The number of nitrogens with zero attached hydrogens (tertiary/aromatic N) is 4. The molecule has 1 N–H and O–H groups in total. The van der Waals surface area contributed by atoms with Crippen molar-refractivity contribution in [3.05, 3.63) is 46.7 Å². The van der Waals surface area contributed by atoms with Crippen LogP contribution in [0.2, 0.25) is 0 Å². The molecule has 1 aromatic carbocycles. The van der Waals surface area contributed by atoms with Crippen molar-refractivity contribution in [3.63, 3.8) is 0 Å². The number of carbonyl (C=O) groups excluding carboxylic acids is 2. The van der Waals surface area contributed by atoms with E-state index in [2.05, 4.69) is 41.1 Å². The average molecular weight is 530 g/mol. The number of thiazole rings is 1. The fourth-order valence-electron chi connectivity index (χ4n) is 5.37. The molecule has 9 heteroatoms. The number of nitrogens with one attached hydrogen (secondary N) is 1. The summed E-state index contributed by atoms with van der Waals surface area (Å²) in [7, 11) is 3.98. The lowest BCUT2D eigenvalue weighted by atomic mass is 9.76. The first-order valence-electron chi connectivity index (χ1n) is 12.9. The summed E-state index contributed by atoms with van der Waals surface area (Å²) in [5.41, 5.74) is 1.99. The van der Waals surface area contributed by atoms with E-state index in [1.807, 2.05) is 36.4 Å². The van der Waals surface area contributed by atoms with Gasteiger partial charge in [-0.05, 0) is 68.7 Å². The molecule has 1 aliphatic rings. The smallest absolute Gasteiger partial charge is 0.343 e. The van der Waals surface area contributed by atoms with E-state index in [0.717, 1.165) is 50.0 Å². The lowest BCUT2D eigenvalue weighted by Crippen LogP contribution is -2.45. The Kier molecular flexibility index (Phi) is 9.95. The summed E-state index contributed by atoms with van der Waals surface area (Å²) in [6, 6.07) is 6.45. The fraction of sp³-hybridized carbons (Fsp3) is 0.571. The number of halogens is 1. The SMILES string of the molecule is CC(=O)N(C)[C@H]1CC[C@@H](CN(C)CC(C)(C)Cc2ccc(F)cc2)C(/C=N/C(=O)Nc2nc(C)cs2)C1. The van der Waals surface area contributed by atoms with Crippen LogP contribution in [-0.2, 0) is 11.2 Å². The minimum absolute atomic E-state index is 0.00788. The van der Waals surface area contributed by atoms with Gasteiger partial charge in [0, 0.05) is 50.6 Å². The highest BCUT2D eigenvalue weighted by molar-refractivity contribution is 7.13. The number of aliphatic imine (C=N–C) groups is 1. The standard InChI is InChI=1S/C28H40FN5O2S/c1-19-17-37-27(31-19)32-26(36)30-15-23-13-25(34(6)20(2)35)12-9-22(23)16-33(5)18-28(3,4)14-21-7-10-24(29)11-8-21/h7-8,10-11,15,17,22-23,25H,9,12-14,16,18H2,1-6H3,(H,31,32,36)/b30-15+/t22-,23?,25-/m0/s1. The highest BCUT2D eigenvalue weighted by Gasteiger charge is 2.34. The quantitative estimate of drug-likeness (QED) is 0.426. The van der Waals surface area contributed by atoms with Crippen LogP contribution in [0.3, 0.4) is 0 Å². The van der Waals surface area contributed by atoms with Crippen LogP contribution in [0.25, 0.3) is 0 Å². The molecule has 1 aliphatic carbocycles. The van der Waals surface area contributed by atoms with Gasteiger partial charge < -0.3 is 9.80 Å². The predicted molar refractivity (Wildman–Crippen MR) is 149 cm³/mol. The number of aryl methyl sites for hydroxylation is 1. The lowest BCUT2D eigenvalue weighted by molar-refractivity contribution is -0.130. The van der Waals surface area contributed by atoms with E-state index >= 15 is 0 Å². The minimum atomic E-state index is -0.427. The topological polar surface area (TPSA) is 77.9 Å². The normalized spacial score (nSPS) is 20.4. The average Bonchev–Trinajstić information content (AvgIpc) is 3.23. The summed E-state index contributed by atoms with van der Waals surface area (Å²) in [6.07, 6.45) is 5.30. The summed E-state index contributed by atoms with van der Waals surface area (Å²) in [4.78, 5) is 37.1. The molecule has 2 aromatic rings. The molecule has 3 rings (SSSR count).